The minimum absolute atomic E-state index is 0.145. The minimum atomic E-state index is -0.414. The van der Waals surface area contributed by atoms with E-state index >= 15 is 0 Å². The van der Waals surface area contributed by atoms with Crippen molar-refractivity contribution in [2.45, 2.75) is 23.9 Å². The quantitative estimate of drug-likeness (QED) is 0.519. The molecule has 1 aromatic heterocycles. The standard InChI is InChI=1S/C19H17N3O4S/c1-11(27-19-21-14-5-3-2-4-13(14)18(24)22-19)17(23)20-9-12-6-7-15-16(8-12)26-10-25-15/h2-8,11H,9-10H2,1H3,(H,20,23)(H,21,22,24)/t11-/m1/s1. The summed E-state index contributed by atoms with van der Waals surface area (Å²) in [6.45, 7) is 2.37. The number of carbonyl (C=O) groups excluding carboxylic acids is 1. The van der Waals surface area contributed by atoms with Gasteiger partial charge in [0, 0.05) is 6.54 Å². The van der Waals surface area contributed by atoms with Crippen LogP contribution in [0.15, 0.2) is 52.4 Å². The summed E-state index contributed by atoms with van der Waals surface area (Å²) in [4.78, 5) is 31.7. The zero-order chi connectivity index (χ0) is 18.8. The molecule has 0 aliphatic carbocycles. The Bertz CT molecular complexity index is 1070. The van der Waals surface area contributed by atoms with Crippen molar-refractivity contribution >= 4 is 28.6 Å². The van der Waals surface area contributed by atoms with Gasteiger partial charge >= 0.3 is 0 Å². The highest BCUT2D eigenvalue weighted by molar-refractivity contribution is 8.00. The molecule has 27 heavy (non-hydrogen) atoms. The number of H-pyrrole nitrogens is 1. The molecule has 138 valence electrons. The molecular formula is C19H17N3O4S. The third kappa shape index (κ3) is 3.75. The number of ether oxygens (including phenoxy) is 2. The van der Waals surface area contributed by atoms with Crippen LogP contribution in [0, 0.1) is 0 Å². The molecule has 2 aromatic carbocycles. The lowest BCUT2D eigenvalue weighted by molar-refractivity contribution is -0.120. The molecule has 3 aromatic rings. The fraction of sp³-hybridized carbons (Fsp3) is 0.211. The fourth-order valence-corrected chi connectivity index (χ4v) is 3.55. The molecule has 0 unspecified atom stereocenters. The number of para-hydroxylation sites is 1. The summed E-state index contributed by atoms with van der Waals surface area (Å²) in [5, 5.41) is 3.42. The van der Waals surface area contributed by atoms with Crippen molar-refractivity contribution < 1.29 is 14.3 Å². The number of nitrogens with one attached hydrogen (secondary N) is 2. The monoisotopic (exact) mass is 383 g/mol. The van der Waals surface area contributed by atoms with E-state index in [-0.39, 0.29) is 18.3 Å². The number of benzene rings is 2. The lowest BCUT2D eigenvalue weighted by atomic mass is 10.2. The summed E-state index contributed by atoms with van der Waals surface area (Å²) >= 11 is 1.21. The molecule has 0 fully saturated rings. The van der Waals surface area contributed by atoms with Crippen LogP contribution in [-0.2, 0) is 11.3 Å². The maximum absolute atomic E-state index is 12.4. The molecule has 2 heterocycles. The Kier molecular flexibility index (Phi) is 4.72. The van der Waals surface area contributed by atoms with Gasteiger partial charge < -0.3 is 19.8 Å². The van der Waals surface area contributed by atoms with Gasteiger partial charge in [-0.15, -0.1) is 0 Å². The van der Waals surface area contributed by atoms with E-state index in [9.17, 15) is 9.59 Å². The zero-order valence-corrected chi connectivity index (χ0v) is 15.3. The molecule has 1 amide bonds. The second-order valence-corrected chi connectivity index (χ2v) is 7.38. The van der Waals surface area contributed by atoms with Crippen molar-refractivity contribution in [1.82, 2.24) is 15.3 Å². The fourth-order valence-electron chi connectivity index (χ4n) is 2.73. The van der Waals surface area contributed by atoms with Gasteiger partial charge in [0.15, 0.2) is 16.7 Å². The summed E-state index contributed by atoms with van der Waals surface area (Å²) < 4.78 is 10.6. The van der Waals surface area contributed by atoms with Crippen LogP contribution in [0.2, 0.25) is 0 Å². The number of aromatic amines is 1. The molecule has 7 nitrogen and oxygen atoms in total. The second-order valence-electron chi connectivity index (χ2n) is 6.05. The number of rotatable bonds is 5. The lowest BCUT2D eigenvalue weighted by Crippen LogP contribution is -2.30. The van der Waals surface area contributed by atoms with Crippen LogP contribution in [-0.4, -0.2) is 27.9 Å². The number of amides is 1. The number of fused-ring (bicyclic) bond motifs is 2. The predicted octanol–water partition coefficient (Wildman–Crippen LogP) is 2.45. The molecule has 0 bridgehead atoms. The van der Waals surface area contributed by atoms with Crippen molar-refractivity contribution in [3.05, 3.63) is 58.4 Å². The van der Waals surface area contributed by atoms with Crippen LogP contribution >= 0.6 is 11.8 Å². The van der Waals surface area contributed by atoms with E-state index in [1.807, 2.05) is 24.3 Å². The first-order chi connectivity index (χ1) is 13.1. The first-order valence-electron chi connectivity index (χ1n) is 8.42. The minimum Gasteiger partial charge on any atom is -0.454 e. The molecule has 2 N–H and O–H groups in total. The molecule has 4 rings (SSSR count). The molecule has 1 aliphatic rings. The van der Waals surface area contributed by atoms with Crippen molar-refractivity contribution in [3.8, 4) is 11.5 Å². The summed E-state index contributed by atoms with van der Waals surface area (Å²) in [6, 6.07) is 12.7. The SMILES string of the molecule is C[C@@H](Sc1nc2ccccc2c(=O)[nH]1)C(=O)NCc1ccc2c(c1)OCO2. The van der Waals surface area contributed by atoms with Gasteiger partial charge in [-0.2, -0.15) is 0 Å². The number of hydrogen-bond donors (Lipinski definition) is 2. The highest BCUT2D eigenvalue weighted by Gasteiger charge is 2.17. The van der Waals surface area contributed by atoms with Gasteiger partial charge in [-0.05, 0) is 36.8 Å². The molecule has 1 atom stereocenters. The number of carbonyl (C=O) groups is 1. The Hall–Kier alpha value is -3.00. The summed E-state index contributed by atoms with van der Waals surface area (Å²) in [6.07, 6.45) is 0. The highest BCUT2D eigenvalue weighted by atomic mass is 32.2. The molecular weight excluding hydrogens is 366 g/mol. The van der Waals surface area contributed by atoms with Crippen LogP contribution in [0.4, 0.5) is 0 Å². The van der Waals surface area contributed by atoms with Gasteiger partial charge in [-0.3, -0.25) is 9.59 Å². The second kappa shape index (κ2) is 7.32. The summed E-state index contributed by atoms with van der Waals surface area (Å²) in [7, 11) is 0. The number of nitrogens with zero attached hydrogens (tertiary/aromatic N) is 1. The Labute approximate surface area is 159 Å². The Morgan fingerprint density at radius 2 is 2.07 bits per heavy atom. The molecule has 0 radical (unpaired) electrons. The number of aromatic nitrogens is 2. The van der Waals surface area contributed by atoms with Gasteiger partial charge in [0.25, 0.3) is 5.56 Å². The van der Waals surface area contributed by atoms with Crippen LogP contribution in [0.3, 0.4) is 0 Å². The van der Waals surface area contributed by atoms with Crippen LogP contribution in [0.25, 0.3) is 10.9 Å². The third-order valence-electron chi connectivity index (χ3n) is 4.15. The Morgan fingerprint density at radius 3 is 2.96 bits per heavy atom. The first-order valence-corrected chi connectivity index (χ1v) is 9.30. The van der Waals surface area contributed by atoms with Gasteiger partial charge in [0.2, 0.25) is 12.7 Å². The van der Waals surface area contributed by atoms with Gasteiger partial charge in [-0.25, -0.2) is 4.98 Å². The van der Waals surface area contributed by atoms with Gasteiger partial charge in [-0.1, -0.05) is 30.0 Å². The Balaban J connectivity index is 1.40. The molecule has 0 saturated heterocycles. The van der Waals surface area contributed by atoms with E-state index in [4.69, 9.17) is 9.47 Å². The summed E-state index contributed by atoms with van der Waals surface area (Å²) in [5.41, 5.74) is 1.31. The van der Waals surface area contributed by atoms with E-state index in [1.54, 1.807) is 25.1 Å². The van der Waals surface area contributed by atoms with E-state index in [1.165, 1.54) is 11.8 Å². The molecule has 0 saturated carbocycles. The highest BCUT2D eigenvalue weighted by Crippen LogP contribution is 2.32. The van der Waals surface area contributed by atoms with Gasteiger partial charge in [0.05, 0.1) is 16.2 Å². The first kappa shape index (κ1) is 17.4. The maximum Gasteiger partial charge on any atom is 0.259 e. The van der Waals surface area contributed by atoms with Crippen molar-refractivity contribution in [2.24, 2.45) is 0 Å². The van der Waals surface area contributed by atoms with Crippen LogP contribution in [0.1, 0.15) is 12.5 Å². The summed E-state index contributed by atoms with van der Waals surface area (Å²) in [5.74, 6) is 1.25. The largest absolute Gasteiger partial charge is 0.454 e. The zero-order valence-electron chi connectivity index (χ0n) is 14.5. The molecule has 8 heteroatoms. The van der Waals surface area contributed by atoms with E-state index in [0.717, 1.165) is 5.56 Å². The predicted molar refractivity (Wildman–Crippen MR) is 102 cm³/mol. The van der Waals surface area contributed by atoms with Crippen molar-refractivity contribution in [3.63, 3.8) is 0 Å². The average molecular weight is 383 g/mol. The maximum atomic E-state index is 12.4. The van der Waals surface area contributed by atoms with E-state index in [2.05, 4.69) is 15.3 Å². The van der Waals surface area contributed by atoms with E-state index < -0.39 is 5.25 Å². The third-order valence-corrected chi connectivity index (χ3v) is 5.14. The van der Waals surface area contributed by atoms with Gasteiger partial charge in [0.1, 0.15) is 0 Å². The normalized spacial score (nSPS) is 13.5. The van der Waals surface area contributed by atoms with Crippen molar-refractivity contribution in [2.75, 3.05) is 6.79 Å². The number of hydrogen-bond acceptors (Lipinski definition) is 6. The van der Waals surface area contributed by atoms with E-state index in [0.29, 0.717) is 34.1 Å². The topological polar surface area (TPSA) is 93.3 Å². The lowest BCUT2D eigenvalue weighted by Gasteiger charge is -2.12. The van der Waals surface area contributed by atoms with Crippen LogP contribution in [0.5, 0.6) is 11.5 Å². The smallest absolute Gasteiger partial charge is 0.259 e. The van der Waals surface area contributed by atoms with Crippen molar-refractivity contribution in [1.29, 1.82) is 0 Å². The average Bonchev–Trinajstić information content (AvgIpc) is 3.14. The Morgan fingerprint density at radius 1 is 1.26 bits per heavy atom. The molecule has 1 aliphatic heterocycles. The van der Waals surface area contributed by atoms with Crippen LogP contribution < -0.4 is 20.3 Å². The molecule has 0 spiro atoms. The number of thioether (sulfide) groups is 1.